The number of nitrogens with two attached hydrogens (primary N) is 1. The number of aromatic nitrogens is 1. The second-order valence-electron chi connectivity index (χ2n) is 11.7. The SMILES string of the molecule is C/C=C(\C=C(/C)c1nc(C(CCF)CN(C)Cc2cc(C=NC3CC3)c(N)c(OC)c2)cc(C(C)CC)c1C)C(F)(F)F. The summed E-state index contributed by atoms with van der Waals surface area (Å²) in [7, 11) is 3.54. The van der Waals surface area contributed by atoms with E-state index in [4.69, 9.17) is 15.5 Å². The lowest BCUT2D eigenvalue weighted by molar-refractivity contribution is -0.0882. The van der Waals surface area contributed by atoms with Crippen molar-refractivity contribution in [2.45, 2.75) is 90.9 Å². The maximum atomic E-state index is 13.9. The van der Waals surface area contributed by atoms with Gasteiger partial charge in [-0.25, -0.2) is 0 Å². The van der Waals surface area contributed by atoms with Crippen LogP contribution in [-0.2, 0) is 6.54 Å². The molecule has 0 aliphatic heterocycles. The summed E-state index contributed by atoms with van der Waals surface area (Å²) < 4.78 is 60.1. The highest BCUT2D eigenvalue weighted by Gasteiger charge is 2.32. The molecule has 1 aliphatic rings. The van der Waals surface area contributed by atoms with Gasteiger partial charge < -0.3 is 15.4 Å². The average Bonchev–Trinajstić information content (AvgIpc) is 3.79. The number of hydrogen-bond acceptors (Lipinski definition) is 5. The first kappa shape index (κ1) is 34.3. The molecule has 1 aromatic heterocycles. The van der Waals surface area contributed by atoms with E-state index in [0.29, 0.717) is 47.5 Å². The number of nitrogen functional groups attached to an aromatic ring is 1. The van der Waals surface area contributed by atoms with Gasteiger partial charge in [-0.05, 0) is 106 Å². The molecule has 9 heteroatoms. The van der Waals surface area contributed by atoms with Gasteiger partial charge in [0.05, 0.1) is 36.8 Å². The van der Waals surface area contributed by atoms with Crippen molar-refractivity contribution < 1.29 is 22.3 Å². The van der Waals surface area contributed by atoms with Crippen molar-refractivity contribution >= 4 is 17.5 Å². The van der Waals surface area contributed by atoms with Gasteiger partial charge in [-0.3, -0.25) is 14.4 Å². The number of methoxy groups -OCH3 is 1. The Balaban J connectivity index is 1.97. The Morgan fingerprint density at radius 3 is 2.51 bits per heavy atom. The molecule has 1 aliphatic carbocycles. The van der Waals surface area contributed by atoms with Crippen molar-refractivity contribution in [3.05, 3.63) is 69.6 Å². The fraction of sp³-hybridized carbons (Fsp3) is 0.529. The Morgan fingerprint density at radius 1 is 1.26 bits per heavy atom. The average molecular weight is 603 g/mol. The fourth-order valence-corrected chi connectivity index (χ4v) is 5.31. The summed E-state index contributed by atoms with van der Waals surface area (Å²) in [5.74, 6) is 0.479. The van der Waals surface area contributed by atoms with E-state index in [1.54, 1.807) is 14.0 Å². The molecule has 2 N–H and O–H groups in total. The second kappa shape index (κ2) is 15.0. The molecular weight excluding hydrogens is 556 g/mol. The summed E-state index contributed by atoms with van der Waals surface area (Å²) in [6.45, 7) is 9.62. The van der Waals surface area contributed by atoms with Crippen molar-refractivity contribution in [3.8, 4) is 5.75 Å². The maximum absolute atomic E-state index is 13.9. The van der Waals surface area contributed by atoms with Gasteiger partial charge in [0.1, 0.15) is 5.75 Å². The summed E-state index contributed by atoms with van der Waals surface area (Å²) in [6, 6.07) is 6.29. The maximum Gasteiger partial charge on any atom is 0.416 e. The lowest BCUT2D eigenvalue weighted by Gasteiger charge is -2.26. The third-order valence-corrected chi connectivity index (χ3v) is 8.15. The number of likely N-dealkylation sites (N-methyl/N-ethyl adjacent to an activating group) is 1. The molecule has 43 heavy (non-hydrogen) atoms. The molecule has 1 fully saturated rings. The van der Waals surface area contributed by atoms with Gasteiger partial charge in [-0.15, -0.1) is 0 Å². The van der Waals surface area contributed by atoms with Crippen LogP contribution in [0.3, 0.4) is 0 Å². The van der Waals surface area contributed by atoms with Crippen LogP contribution in [0, 0.1) is 6.92 Å². The van der Waals surface area contributed by atoms with Gasteiger partial charge in [0.15, 0.2) is 0 Å². The smallest absolute Gasteiger partial charge is 0.416 e. The van der Waals surface area contributed by atoms with E-state index < -0.39 is 18.4 Å². The van der Waals surface area contributed by atoms with Crippen LogP contribution in [0.1, 0.15) is 98.9 Å². The van der Waals surface area contributed by atoms with Crippen LogP contribution in [0.2, 0.25) is 0 Å². The van der Waals surface area contributed by atoms with Gasteiger partial charge in [-0.2, -0.15) is 13.2 Å². The number of anilines is 1. The third-order valence-electron chi connectivity index (χ3n) is 8.15. The zero-order valence-electron chi connectivity index (χ0n) is 26.5. The Labute approximate surface area is 253 Å². The molecule has 1 aromatic carbocycles. The number of aliphatic imine (C=N–C) groups is 1. The Hall–Kier alpha value is -3.20. The van der Waals surface area contributed by atoms with E-state index in [1.807, 2.05) is 38.4 Å². The third kappa shape index (κ3) is 9.15. The predicted molar refractivity (Wildman–Crippen MR) is 169 cm³/mol. The number of pyridine rings is 1. The lowest BCUT2D eigenvalue weighted by Crippen LogP contribution is -2.26. The van der Waals surface area contributed by atoms with Crippen molar-refractivity contribution in [2.24, 2.45) is 4.99 Å². The minimum atomic E-state index is -4.46. The number of rotatable bonds is 14. The van der Waals surface area contributed by atoms with E-state index in [-0.39, 0.29) is 18.3 Å². The quantitative estimate of drug-likeness (QED) is 0.102. The summed E-state index contributed by atoms with van der Waals surface area (Å²) in [6.07, 6.45) is 2.84. The molecule has 0 bridgehead atoms. The van der Waals surface area contributed by atoms with Gasteiger partial charge in [-0.1, -0.05) is 19.9 Å². The molecule has 0 spiro atoms. The van der Waals surface area contributed by atoms with Gasteiger partial charge in [0, 0.05) is 36.5 Å². The fourth-order valence-electron chi connectivity index (χ4n) is 5.31. The Morgan fingerprint density at radius 2 is 1.95 bits per heavy atom. The first-order chi connectivity index (χ1) is 20.3. The zero-order chi connectivity index (χ0) is 31.9. The molecule has 2 aromatic rings. The molecule has 236 valence electrons. The first-order valence-electron chi connectivity index (χ1n) is 15.0. The van der Waals surface area contributed by atoms with E-state index in [1.165, 1.54) is 6.92 Å². The minimum Gasteiger partial charge on any atom is -0.495 e. The van der Waals surface area contributed by atoms with Gasteiger partial charge >= 0.3 is 6.18 Å². The molecule has 3 rings (SSSR count). The van der Waals surface area contributed by atoms with Gasteiger partial charge in [0.25, 0.3) is 0 Å². The molecule has 5 nitrogen and oxygen atoms in total. The van der Waals surface area contributed by atoms with Crippen molar-refractivity contribution in [3.63, 3.8) is 0 Å². The topological polar surface area (TPSA) is 63.7 Å². The summed E-state index contributed by atoms with van der Waals surface area (Å²) >= 11 is 0. The van der Waals surface area contributed by atoms with Crippen LogP contribution < -0.4 is 10.5 Å². The van der Waals surface area contributed by atoms with Gasteiger partial charge in [0.2, 0.25) is 0 Å². The van der Waals surface area contributed by atoms with Crippen LogP contribution in [0.4, 0.5) is 23.2 Å². The predicted octanol–water partition coefficient (Wildman–Crippen LogP) is 8.56. The van der Waals surface area contributed by atoms with Crippen LogP contribution in [0.25, 0.3) is 5.57 Å². The summed E-state index contributed by atoms with van der Waals surface area (Å²) in [4.78, 5) is 11.6. The number of benzene rings is 1. The van der Waals surface area contributed by atoms with Crippen LogP contribution >= 0.6 is 0 Å². The lowest BCUT2D eigenvalue weighted by atomic mass is 9.88. The molecule has 1 heterocycles. The standard InChI is InChI=1S/C34H46F4N4O/c1-8-21(3)29-17-30(41-33(23(29)5)22(4)14-27(9-2)34(36,37)38)25(12-13-35)20-42(6)19-24-15-26(18-40-28-10-11-28)32(39)31(16-24)43-7/h9,14-18,21,25,28H,8,10-13,19-20,39H2,1-7H3/b22-14+,27-9+,40-18?. The highest BCUT2D eigenvalue weighted by atomic mass is 19.4. The molecule has 0 amide bonds. The van der Waals surface area contributed by atoms with E-state index >= 15 is 0 Å². The van der Waals surface area contributed by atoms with Crippen LogP contribution in [0.15, 0.2) is 40.9 Å². The second-order valence-corrected chi connectivity index (χ2v) is 11.7. The Bertz CT molecular complexity index is 1340. The summed E-state index contributed by atoms with van der Waals surface area (Å²) in [5, 5.41) is 0. The number of alkyl halides is 4. The molecule has 0 saturated heterocycles. The number of hydrogen-bond donors (Lipinski definition) is 1. The minimum absolute atomic E-state index is 0.166. The summed E-state index contributed by atoms with van der Waals surface area (Å²) in [5.41, 5.74) is 11.4. The van der Waals surface area contributed by atoms with Crippen molar-refractivity contribution in [2.75, 3.05) is 33.1 Å². The Kier molecular flexibility index (Phi) is 12.0. The number of ether oxygens (including phenoxy) is 1. The molecule has 1 saturated carbocycles. The zero-order valence-corrected chi connectivity index (χ0v) is 26.5. The molecule has 0 radical (unpaired) electrons. The number of allylic oxidation sites excluding steroid dienone is 4. The van der Waals surface area contributed by atoms with Crippen molar-refractivity contribution in [1.82, 2.24) is 9.88 Å². The first-order valence-corrected chi connectivity index (χ1v) is 15.0. The van der Waals surface area contributed by atoms with E-state index in [2.05, 4.69) is 23.7 Å². The van der Waals surface area contributed by atoms with E-state index in [0.717, 1.165) is 53.7 Å². The molecule has 2 unspecified atom stereocenters. The molecule has 2 atom stereocenters. The molecular formula is C34H46F4N4O. The highest BCUT2D eigenvalue weighted by Crippen LogP contribution is 2.35. The van der Waals surface area contributed by atoms with Crippen LogP contribution in [0.5, 0.6) is 5.75 Å². The number of nitrogens with zero attached hydrogens (tertiary/aromatic N) is 3. The van der Waals surface area contributed by atoms with Crippen LogP contribution in [-0.4, -0.2) is 55.7 Å². The number of halogens is 4. The largest absolute Gasteiger partial charge is 0.495 e. The monoisotopic (exact) mass is 602 g/mol. The van der Waals surface area contributed by atoms with E-state index in [9.17, 15) is 17.6 Å². The normalized spacial score (nSPS) is 16.3. The van der Waals surface area contributed by atoms with Crippen molar-refractivity contribution in [1.29, 1.82) is 0 Å². The highest BCUT2D eigenvalue weighted by molar-refractivity contribution is 5.89.